The van der Waals surface area contributed by atoms with Gasteiger partial charge in [-0.3, -0.25) is 4.79 Å². The molecule has 0 spiro atoms. The van der Waals surface area contributed by atoms with Gasteiger partial charge in [-0.25, -0.2) is 8.42 Å². The Kier molecular flexibility index (Phi) is 6.15. The van der Waals surface area contributed by atoms with Crippen molar-refractivity contribution >= 4 is 15.9 Å². The molecular formula is C16H25N3O3S. The van der Waals surface area contributed by atoms with Gasteiger partial charge in [0, 0.05) is 19.6 Å². The first-order valence-corrected chi connectivity index (χ1v) is 9.44. The third kappa shape index (κ3) is 4.31. The lowest BCUT2D eigenvalue weighted by Crippen LogP contribution is -2.47. The van der Waals surface area contributed by atoms with E-state index in [4.69, 9.17) is 0 Å². The van der Waals surface area contributed by atoms with Crippen LogP contribution < -0.4 is 5.32 Å². The molecular weight excluding hydrogens is 314 g/mol. The number of rotatable bonds is 7. The lowest BCUT2D eigenvalue weighted by Gasteiger charge is -2.24. The molecule has 1 atom stereocenters. The molecule has 1 saturated heterocycles. The first-order chi connectivity index (χ1) is 11.0. The Hall–Kier alpha value is -1.44. The summed E-state index contributed by atoms with van der Waals surface area (Å²) in [7, 11) is -1.64. The lowest BCUT2D eigenvalue weighted by molar-refractivity contribution is -0.124. The molecule has 1 heterocycles. The minimum atomic E-state index is -3.62. The van der Waals surface area contributed by atoms with E-state index in [-0.39, 0.29) is 10.8 Å². The molecule has 1 aromatic rings. The second-order valence-corrected chi connectivity index (χ2v) is 7.66. The summed E-state index contributed by atoms with van der Waals surface area (Å²) in [4.78, 5) is 14.7. The van der Waals surface area contributed by atoms with Crippen molar-refractivity contribution in [2.24, 2.45) is 0 Å². The quantitative estimate of drug-likeness (QED) is 0.802. The van der Waals surface area contributed by atoms with E-state index in [0.717, 1.165) is 13.1 Å². The molecule has 0 radical (unpaired) electrons. The Bertz CT molecular complexity index is 619. The van der Waals surface area contributed by atoms with E-state index in [9.17, 15) is 13.2 Å². The largest absolute Gasteiger partial charge is 0.353 e. The fourth-order valence-corrected chi connectivity index (χ4v) is 4.34. The molecule has 23 heavy (non-hydrogen) atoms. The normalized spacial score (nSPS) is 19.2. The van der Waals surface area contributed by atoms with Crippen molar-refractivity contribution in [3.63, 3.8) is 0 Å². The summed E-state index contributed by atoms with van der Waals surface area (Å²) >= 11 is 0. The maximum absolute atomic E-state index is 12.7. The summed E-state index contributed by atoms with van der Waals surface area (Å²) in [5.74, 6) is -0.202. The maximum Gasteiger partial charge on any atom is 0.243 e. The van der Waals surface area contributed by atoms with Crippen molar-refractivity contribution in [1.29, 1.82) is 0 Å². The minimum absolute atomic E-state index is 0.202. The Morgan fingerprint density at radius 3 is 2.70 bits per heavy atom. The summed E-state index contributed by atoms with van der Waals surface area (Å²) in [6.07, 6.45) is 1.28. The fourth-order valence-electron chi connectivity index (χ4n) is 2.66. The van der Waals surface area contributed by atoms with Crippen LogP contribution in [0.5, 0.6) is 0 Å². The summed E-state index contributed by atoms with van der Waals surface area (Å²) in [5.41, 5.74) is 0. The summed E-state index contributed by atoms with van der Waals surface area (Å²) in [6, 6.07) is 7.69. The highest BCUT2D eigenvalue weighted by Crippen LogP contribution is 2.25. The summed E-state index contributed by atoms with van der Waals surface area (Å²) in [6.45, 7) is 4.63. The average Bonchev–Trinajstić information content (AvgIpc) is 3.06. The van der Waals surface area contributed by atoms with Gasteiger partial charge in [0.25, 0.3) is 0 Å². The standard InChI is InChI=1S/C16H25N3O3S/c1-3-18(2)13-11-17-16(20)15-10-7-12-19(15)23(21,22)14-8-5-4-6-9-14/h4-6,8-9,15H,3,7,10-13H2,1-2H3,(H,17,20). The van der Waals surface area contributed by atoms with Crippen LogP contribution in [0.3, 0.4) is 0 Å². The summed E-state index contributed by atoms with van der Waals surface area (Å²) in [5, 5.41) is 2.86. The molecule has 6 nitrogen and oxygen atoms in total. The zero-order valence-corrected chi connectivity index (χ0v) is 14.6. The molecule has 2 rings (SSSR count). The van der Waals surface area contributed by atoms with Crippen LogP contribution >= 0.6 is 0 Å². The molecule has 1 fully saturated rings. The number of carbonyl (C=O) groups is 1. The van der Waals surface area contributed by atoms with Crippen LogP contribution in [0.25, 0.3) is 0 Å². The molecule has 1 N–H and O–H groups in total. The van der Waals surface area contributed by atoms with E-state index >= 15 is 0 Å². The van der Waals surface area contributed by atoms with Crippen molar-refractivity contribution in [3.05, 3.63) is 30.3 Å². The first-order valence-electron chi connectivity index (χ1n) is 8.00. The molecule has 0 bridgehead atoms. The van der Waals surface area contributed by atoms with Gasteiger partial charge in [0.15, 0.2) is 0 Å². The Labute approximate surface area is 138 Å². The number of nitrogens with one attached hydrogen (secondary N) is 1. The average molecular weight is 339 g/mol. The van der Waals surface area contributed by atoms with Crippen molar-refractivity contribution in [3.8, 4) is 0 Å². The predicted molar refractivity (Wildman–Crippen MR) is 89.5 cm³/mol. The van der Waals surface area contributed by atoms with E-state index in [2.05, 4.69) is 10.2 Å². The van der Waals surface area contributed by atoms with Crippen molar-refractivity contribution in [1.82, 2.24) is 14.5 Å². The highest BCUT2D eigenvalue weighted by Gasteiger charge is 2.39. The zero-order chi connectivity index (χ0) is 16.9. The number of benzene rings is 1. The third-order valence-corrected chi connectivity index (χ3v) is 6.11. The molecule has 1 aliphatic heterocycles. The number of carbonyl (C=O) groups excluding carboxylic acids is 1. The van der Waals surface area contributed by atoms with E-state index in [0.29, 0.717) is 25.9 Å². The van der Waals surface area contributed by atoms with Gasteiger partial charge in [-0.2, -0.15) is 4.31 Å². The van der Waals surface area contributed by atoms with Gasteiger partial charge in [0.05, 0.1) is 4.90 Å². The zero-order valence-electron chi connectivity index (χ0n) is 13.7. The van der Waals surface area contributed by atoms with Gasteiger partial charge in [-0.1, -0.05) is 25.1 Å². The smallest absolute Gasteiger partial charge is 0.243 e. The molecule has 1 unspecified atom stereocenters. The van der Waals surface area contributed by atoms with E-state index in [1.54, 1.807) is 30.3 Å². The third-order valence-electron chi connectivity index (χ3n) is 4.19. The fraction of sp³-hybridized carbons (Fsp3) is 0.562. The number of likely N-dealkylation sites (N-methyl/N-ethyl adjacent to an activating group) is 1. The number of hydrogen-bond acceptors (Lipinski definition) is 4. The molecule has 128 valence electrons. The minimum Gasteiger partial charge on any atom is -0.353 e. The van der Waals surface area contributed by atoms with Crippen molar-refractivity contribution < 1.29 is 13.2 Å². The highest BCUT2D eigenvalue weighted by molar-refractivity contribution is 7.89. The molecule has 0 aromatic heterocycles. The lowest BCUT2D eigenvalue weighted by atomic mass is 10.2. The Morgan fingerprint density at radius 2 is 2.04 bits per heavy atom. The van der Waals surface area contributed by atoms with Gasteiger partial charge >= 0.3 is 0 Å². The monoisotopic (exact) mass is 339 g/mol. The maximum atomic E-state index is 12.7. The van der Waals surface area contributed by atoms with Crippen LogP contribution in [0.15, 0.2) is 35.2 Å². The number of sulfonamides is 1. The van der Waals surface area contributed by atoms with Crippen LogP contribution in [0.2, 0.25) is 0 Å². The van der Waals surface area contributed by atoms with Gasteiger partial charge in [0.1, 0.15) is 6.04 Å². The Morgan fingerprint density at radius 1 is 1.35 bits per heavy atom. The van der Waals surface area contributed by atoms with Crippen molar-refractivity contribution in [2.75, 3.05) is 33.2 Å². The van der Waals surface area contributed by atoms with Crippen LogP contribution in [-0.4, -0.2) is 62.8 Å². The van der Waals surface area contributed by atoms with E-state index in [1.807, 2.05) is 14.0 Å². The molecule has 7 heteroatoms. The molecule has 1 aliphatic rings. The Balaban J connectivity index is 2.04. The van der Waals surface area contributed by atoms with Crippen LogP contribution in [0.4, 0.5) is 0 Å². The van der Waals surface area contributed by atoms with Crippen LogP contribution in [0.1, 0.15) is 19.8 Å². The number of hydrogen-bond donors (Lipinski definition) is 1. The second-order valence-electron chi connectivity index (χ2n) is 5.77. The molecule has 1 aromatic carbocycles. The second kappa shape index (κ2) is 7.90. The van der Waals surface area contributed by atoms with Crippen molar-refractivity contribution in [2.45, 2.75) is 30.7 Å². The predicted octanol–water partition coefficient (Wildman–Crippen LogP) is 0.908. The topological polar surface area (TPSA) is 69.7 Å². The van der Waals surface area contributed by atoms with E-state index in [1.165, 1.54) is 4.31 Å². The molecule has 0 aliphatic carbocycles. The van der Waals surface area contributed by atoms with Crippen LogP contribution in [0, 0.1) is 0 Å². The number of amides is 1. The van der Waals surface area contributed by atoms with Gasteiger partial charge in [0.2, 0.25) is 15.9 Å². The first kappa shape index (κ1) is 17.9. The van der Waals surface area contributed by atoms with Crippen LogP contribution in [-0.2, 0) is 14.8 Å². The van der Waals surface area contributed by atoms with E-state index < -0.39 is 16.1 Å². The SMILES string of the molecule is CCN(C)CCNC(=O)C1CCCN1S(=O)(=O)c1ccccc1. The van der Waals surface area contributed by atoms with Gasteiger partial charge in [-0.15, -0.1) is 0 Å². The highest BCUT2D eigenvalue weighted by atomic mass is 32.2. The van der Waals surface area contributed by atoms with Gasteiger partial charge < -0.3 is 10.2 Å². The molecule has 1 amide bonds. The molecule has 0 saturated carbocycles. The van der Waals surface area contributed by atoms with Gasteiger partial charge in [-0.05, 0) is 38.6 Å². The number of nitrogens with zero attached hydrogens (tertiary/aromatic N) is 2. The summed E-state index contributed by atoms with van der Waals surface area (Å²) < 4.78 is 26.8.